The molecule has 150 valence electrons. The fourth-order valence-electron chi connectivity index (χ4n) is 4.51. The van der Waals surface area contributed by atoms with E-state index < -0.39 is 0 Å². The van der Waals surface area contributed by atoms with Crippen molar-refractivity contribution in [2.75, 3.05) is 11.4 Å². The van der Waals surface area contributed by atoms with Crippen molar-refractivity contribution in [3.8, 4) is 0 Å². The van der Waals surface area contributed by atoms with Gasteiger partial charge in [-0.1, -0.05) is 60.7 Å². The van der Waals surface area contributed by atoms with Crippen LogP contribution in [0.5, 0.6) is 0 Å². The molecule has 1 atom stereocenters. The van der Waals surface area contributed by atoms with Gasteiger partial charge in [0.2, 0.25) is 5.91 Å². The quantitative estimate of drug-likeness (QED) is 0.471. The van der Waals surface area contributed by atoms with E-state index in [2.05, 4.69) is 60.0 Å². The zero-order valence-corrected chi connectivity index (χ0v) is 17.2. The van der Waals surface area contributed by atoms with E-state index in [1.54, 1.807) is 0 Å². The zero-order chi connectivity index (χ0) is 20.5. The van der Waals surface area contributed by atoms with Crippen molar-refractivity contribution in [3.05, 3.63) is 95.8 Å². The van der Waals surface area contributed by atoms with Crippen LogP contribution < -0.4 is 4.90 Å². The highest BCUT2D eigenvalue weighted by atomic mass is 16.2. The second-order valence-corrected chi connectivity index (χ2v) is 8.04. The van der Waals surface area contributed by atoms with Gasteiger partial charge in [-0.15, -0.1) is 0 Å². The average Bonchev–Trinajstić information content (AvgIpc) is 3.34. The Morgan fingerprint density at radius 3 is 2.50 bits per heavy atom. The molecule has 30 heavy (non-hydrogen) atoms. The first kappa shape index (κ1) is 18.6. The van der Waals surface area contributed by atoms with Crippen LogP contribution in [0.3, 0.4) is 0 Å². The first-order valence-corrected chi connectivity index (χ1v) is 10.6. The number of rotatable bonds is 5. The number of carbonyl (C=O) groups excluding carboxylic acids is 1. The van der Waals surface area contributed by atoms with Gasteiger partial charge in [0.1, 0.15) is 5.82 Å². The van der Waals surface area contributed by atoms with Gasteiger partial charge in [-0.3, -0.25) is 4.79 Å². The third kappa shape index (κ3) is 3.39. The minimum atomic E-state index is 0.0975. The molecular formula is C26H25N3O. The van der Waals surface area contributed by atoms with Gasteiger partial charge in [0.25, 0.3) is 0 Å². The predicted octanol–water partition coefficient (Wildman–Crippen LogP) is 5.11. The molecule has 1 amide bonds. The van der Waals surface area contributed by atoms with Gasteiger partial charge >= 0.3 is 0 Å². The monoisotopic (exact) mass is 395 g/mol. The number of aryl methyl sites for hydroxylation is 3. The van der Waals surface area contributed by atoms with Crippen LogP contribution in [0.4, 0.5) is 5.69 Å². The molecule has 0 aliphatic carbocycles. The summed E-state index contributed by atoms with van der Waals surface area (Å²) in [5.41, 5.74) is 5.60. The SMILES string of the molecule is Cc1ccccc1N1C[C@H](c2nc3ccccc3n2CCc2ccccc2)CC1=O. The summed E-state index contributed by atoms with van der Waals surface area (Å²) >= 11 is 0. The third-order valence-electron chi connectivity index (χ3n) is 6.05. The van der Waals surface area contributed by atoms with Crippen LogP contribution in [0, 0.1) is 6.92 Å². The van der Waals surface area contributed by atoms with E-state index in [0.717, 1.165) is 41.1 Å². The smallest absolute Gasteiger partial charge is 0.227 e. The summed E-state index contributed by atoms with van der Waals surface area (Å²) in [6, 6.07) is 26.9. The molecule has 0 bridgehead atoms. The third-order valence-corrected chi connectivity index (χ3v) is 6.05. The summed E-state index contributed by atoms with van der Waals surface area (Å²) < 4.78 is 2.32. The normalized spacial score (nSPS) is 16.5. The summed E-state index contributed by atoms with van der Waals surface area (Å²) in [5, 5.41) is 0. The highest BCUT2D eigenvalue weighted by Crippen LogP contribution is 2.34. The lowest BCUT2D eigenvalue weighted by atomic mass is 10.1. The van der Waals surface area contributed by atoms with Crippen LogP contribution in [0.1, 0.15) is 29.3 Å². The maximum atomic E-state index is 12.9. The number of nitrogens with zero attached hydrogens (tertiary/aromatic N) is 3. The number of carbonyl (C=O) groups is 1. The predicted molar refractivity (Wildman–Crippen MR) is 121 cm³/mol. The highest BCUT2D eigenvalue weighted by Gasteiger charge is 2.35. The van der Waals surface area contributed by atoms with Gasteiger partial charge < -0.3 is 9.47 Å². The molecule has 0 spiro atoms. The van der Waals surface area contributed by atoms with Gasteiger partial charge in [-0.05, 0) is 42.7 Å². The van der Waals surface area contributed by atoms with Gasteiger partial charge in [0, 0.05) is 31.1 Å². The number of aromatic nitrogens is 2. The molecule has 1 aliphatic rings. The molecule has 1 aromatic heterocycles. The van der Waals surface area contributed by atoms with E-state index in [4.69, 9.17) is 4.98 Å². The Bertz CT molecular complexity index is 1200. The molecule has 4 nitrogen and oxygen atoms in total. The molecule has 1 saturated heterocycles. The highest BCUT2D eigenvalue weighted by molar-refractivity contribution is 5.97. The molecule has 0 N–H and O–H groups in total. The molecule has 4 aromatic rings. The molecular weight excluding hydrogens is 370 g/mol. The van der Waals surface area contributed by atoms with E-state index >= 15 is 0 Å². The van der Waals surface area contributed by atoms with Crippen LogP contribution in [0.2, 0.25) is 0 Å². The van der Waals surface area contributed by atoms with Crippen molar-refractivity contribution < 1.29 is 4.79 Å². The Morgan fingerprint density at radius 2 is 1.67 bits per heavy atom. The molecule has 1 aliphatic heterocycles. The molecule has 3 aromatic carbocycles. The number of hydrogen-bond acceptors (Lipinski definition) is 2. The lowest BCUT2D eigenvalue weighted by molar-refractivity contribution is -0.117. The van der Waals surface area contributed by atoms with E-state index in [-0.39, 0.29) is 11.8 Å². The largest absolute Gasteiger partial charge is 0.327 e. The fraction of sp³-hybridized carbons (Fsp3) is 0.231. The molecule has 2 heterocycles. The zero-order valence-electron chi connectivity index (χ0n) is 17.2. The average molecular weight is 396 g/mol. The van der Waals surface area contributed by atoms with Crippen molar-refractivity contribution in [2.45, 2.75) is 32.2 Å². The Morgan fingerprint density at radius 1 is 0.933 bits per heavy atom. The van der Waals surface area contributed by atoms with Crippen LogP contribution in [0.25, 0.3) is 11.0 Å². The Hall–Kier alpha value is -3.40. The van der Waals surface area contributed by atoms with Gasteiger partial charge in [0.05, 0.1) is 11.0 Å². The van der Waals surface area contributed by atoms with E-state index in [9.17, 15) is 4.79 Å². The second-order valence-electron chi connectivity index (χ2n) is 8.04. The minimum Gasteiger partial charge on any atom is -0.327 e. The van der Waals surface area contributed by atoms with Gasteiger partial charge in [0.15, 0.2) is 0 Å². The summed E-state index contributed by atoms with van der Waals surface area (Å²) in [7, 11) is 0. The number of benzene rings is 3. The van der Waals surface area contributed by atoms with E-state index in [1.807, 2.05) is 35.2 Å². The summed E-state index contributed by atoms with van der Waals surface area (Å²) in [4.78, 5) is 19.8. The minimum absolute atomic E-state index is 0.0975. The van der Waals surface area contributed by atoms with Crippen LogP contribution in [0.15, 0.2) is 78.9 Å². The number of para-hydroxylation sites is 3. The number of hydrogen-bond donors (Lipinski definition) is 0. The lowest BCUT2D eigenvalue weighted by Gasteiger charge is -2.19. The number of fused-ring (bicyclic) bond motifs is 1. The number of imidazole rings is 1. The molecule has 0 saturated carbocycles. The first-order chi connectivity index (χ1) is 14.7. The van der Waals surface area contributed by atoms with Crippen molar-refractivity contribution >= 4 is 22.6 Å². The van der Waals surface area contributed by atoms with Crippen LogP contribution in [-0.2, 0) is 17.8 Å². The summed E-state index contributed by atoms with van der Waals surface area (Å²) in [6.45, 7) is 3.60. The number of anilines is 1. The molecule has 4 heteroatoms. The first-order valence-electron chi connectivity index (χ1n) is 10.6. The topological polar surface area (TPSA) is 38.1 Å². The maximum absolute atomic E-state index is 12.9. The van der Waals surface area contributed by atoms with Gasteiger partial charge in [-0.2, -0.15) is 0 Å². The van der Waals surface area contributed by atoms with E-state index in [0.29, 0.717) is 13.0 Å². The summed E-state index contributed by atoms with van der Waals surface area (Å²) in [6.07, 6.45) is 1.44. The molecule has 0 unspecified atom stereocenters. The van der Waals surface area contributed by atoms with Crippen molar-refractivity contribution in [3.63, 3.8) is 0 Å². The van der Waals surface area contributed by atoms with Crippen LogP contribution in [-0.4, -0.2) is 22.0 Å². The van der Waals surface area contributed by atoms with Crippen LogP contribution >= 0.6 is 0 Å². The van der Waals surface area contributed by atoms with E-state index in [1.165, 1.54) is 5.56 Å². The molecule has 5 rings (SSSR count). The number of amides is 1. The fourth-order valence-corrected chi connectivity index (χ4v) is 4.51. The Labute approximate surface area is 176 Å². The van der Waals surface area contributed by atoms with Crippen molar-refractivity contribution in [1.82, 2.24) is 9.55 Å². The molecule has 1 fully saturated rings. The Balaban J connectivity index is 1.48. The lowest BCUT2D eigenvalue weighted by Crippen LogP contribution is -2.25. The van der Waals surface area contributed by atoms with Crippen molar-refractivity contribution in [2.24, 2.45) is 0 Å². The molecule has 0 radical (unpaired) electrons. The van der Waals surface area contributed by atoms with Crippen molar-refractivity contribution in [1.29, 1.82) is 0 Å². The van der Waals surface area contributed by atoms with Gasteiger partial charge in [-0.25, -0.2) is 4.98 Å². The second kappa shape index (κ2) is 7.79. The Kier molecular flexibility index (Phi) is 4.83. The standard InChI is InChI=1S/C26H25N3O/c1-19-9-5-7-13-23(19)29-18-21(17-25(29)30)26-27-22-12-6-8-14-24(22)28(26)16-15-20-10-3-2-4-11-20/h2-14,21H,15-18H2,1H3/t21-/m1/s1. The summed E-state index contributed by atoms with van der Waals surface area (Å²) in [5.74, 6) is 1.30. The maximum Gasteiger partial charge on any atom is 0.227 e.